The van der Waals surface area contributed by atoms with Crippen LogP contribution in [0.3, 0.4) is 0 Å². The number of aromatic nitrogens is 4. The van der Waals surface area contributed by atoms with Crippen molar-refractivity contribution in [3.63, 3.8) is 0 Å². The van der Waals surface area contributed by atoms with E-state index in [0.717, 1.165) is 36.7 Å². The van der Waals surface area contributed by atoms with Gasteiger partial charge >= 0.3 is 5.97 Å². The molecule has 2 aromatic heterocycles. The fourth-order valence-electron chi connectivity index (χ4n) is 2.12. The van der Waals surface area contributed by atoms with Crippen molar-refractivity contribution in [2.45, 2.75) is 50.1 Å². The standard InChI is InChI=1S/C16H22N4O2S/c1-3-7-14(15(21)22-4-2)23-16-19-18-12-20(16)11-9-13-8-5-6-10-17-13/h5-6,8,10,12,14H,3-4,7,9,11H2,1-2H3/t14-/m0/s1. The third kappa shape index (κ3) is 5.35. The third-order valence-corrected chi connectivity index (χ3v) is 4.50. The first-order valence-corrected chi connectivity index (χ1v) is 8.73. The van der Waals surface area contributed by atoms with Gasteiger partial charge in [0.05, 0.1) is 6.61 Å². The molecular weight excluding hydrogens is 312 g/mol. The molecule has 0 saturated heterocycles. The fraction of sp³-hybridized carbons (Fsp3) is 0.500. The number of carbonyl (C=O) groups excluding carboxylic acids is 1. The second-order valence-corrected chi connectivity index (χ2v) is 6.20. The van der Waals surface area contributed by atoms with Gasteiger partial charge in [0.25, 0.3) is 0 Å². The molecule has 1 atom stereocenters. The van der Waals surface area contributed by atoms with E-state index in [2.05, 4.69) is 22.1 Å². The average Bonchev–Trinajstić information content (AvgIpc) is 3.01. The lowest BCUT2D eigenvalue weighted by Gasteiger charge is -2.14. The zero-order valence-corrected chi connectivity index (χ0v) is 14.3. The largest absolute Gasteiger partial charge is 0.465 e. The summed E-state index contributed by atoms with van der Waals surface area (Å²) in [6, 6.07) is 5.87. The number of thioether (sulfide) groups is 1. The maximum absolute atomic E-state index is 12.0. The van der Waals surface area contributed by atoms with Gasteiger partial charge in [-0.15, -0.1) is 10.2 Å². The maximum atomic E-state index is 12.0. The molecule has 124 valence electrons. The molecule has 0 aliphatic carbocycles. The Bertz CT molecular complexity index is 603. The van der Waals surface area contributed by atoms with Gasteiger partial charge in [-0.25, -0.2) is 0 Å². The van der Waals surface area contributed by atoms with Crippen LogP contribution in [0.25, 0.3) is 0 Å². The number of ether oxygens (including phenoxy) is 1. The predicted molar refractivity (Wildman–Crippen MR) is 89.1 cm³/mol. The van der Waals surface area contributed by atoms with Crippen LogP contribution in [0.1, 0.15) is 32.4 Å². The minimum atomic E-state index is -0.238. The highest BCUT2D eigenvalue weighted by atomic mass is 32.2. The molecule has 0 unspecified atom stereocenters. The van der Waals surface area contributed by atoms with E-state index in [-0.39, 0.29) is 11.2 Å². The number of esters is 1. The molecule has 0 N–H and O–H groups in total. The van der Waals surface area contributed by atoms with E-state index in [9.17, 15) is 4.79 Å². The van der Waals surface area contributed by atoms with E-state index in [1.165, 1.54) is 11.8 Å². The number of hydrogen-bond donors (Lipinski definition) is 0. The summed E-state index contributed by atoms with van der Waals surface area (Å²) in [6.07, 6.45) is 5.95. The molecule has 2 heterocycles. The lowest BCUT2D eigenvalue weighted by Crippen LogP contribution is -2.21. The molecule has 0 aromatic carbocycles. The molecule has 0 fully saturated rings. The van der Waals surface area contributed by atoms with Gasteiger partial charge < -0.3 is 9.30 Å². The smallest absolute Gasteiger partial charge is 0.319 e. The van der Waals surface area contributed by atoms with Crippen LogP contribution in [0.5, 0.6) is 0 Å². The topological polar surface area (TPSA) is 69.9 Å². The molecule has 6 nitrogen and oxygen atoms in total. The molecule has 2 rings (SSSR count). The number of aryl methyl sites for hydroxylation is 2. The maximum Gasteiger partial charge on any atom is 0.319 e. The molecule has 0 spiro atoms. The molecule has 0 radical (unpaired) electrons. The van der Waals surface area contributed by atoms with Crippen LogP contribution < -0.4 is 0 Å². The van der Waals surface area contributed by atoms with E-state index in [1.54, 1.807) is 12.5 Å². The van der Waals surface area contributed by atoms with E-state index < -0.39 is 0 Å². The molecule has 23 heavy (non-hydrogen) atoms. The summed E-state index contributed by atoms with van der Waals surface area (Å²) < 4.78 is 7.11. The minimum Gasteiger partial charge on any atom is -0.465 e. The van der Waals surface area contributed by atoms with Crippen molar-refractivity contribution in [2.24, 2.45) is 0 Å². The lowest BCUT2D eigenvalue weighted by atomic mass is 10.2. The van der Waals surface area contributed by atoms with Gasteiger partial charge in [0.15, 0.2) is 5.16 Å². The van der Waals surface area contributed by atoms with Crippen LogP contribution in [0.4, 0.5) is 0 Å². The van der Waals surface area contributed by atoms with Gasteiger partial charge in [0, 0.05) is 24.9 Å². The first-order valence-electron chi connectivity index (χ1n) is 7.85. The zero-order valence-electron chi connectivity index (χ0n) is 13.5. The first kappa shape index (κ1) is 17.5. The van der Waals surface area contributed by atoms with Gasteiger partial charge in [-0.2, -0.15) is 0 Å². The Hall–Kier alpha value is -1.89. The van der Waals surface area contributed by atoms with Crippen LogP contribution in [0.15, 0.2) is 35.9 Å². The van der Waals surface area contributed by atoms with Crippen molar-refractivity contribution in [1.82, 2.24) is 19.7 Å². The first-order chi connectivity index (χ1) is 11.2. The highest BCUT2D eigenvalue weighted by Gasteiger charge is 2.22. The summed E-state index contributed by atoms with van der Waals surface area (Å²) >= 11 is 1.42. The quantitative estimate of drug-likeness (QED) is 0.519. The van der Waals surface area contributed by atoms with Gasteiger partial charge in [0.1, 0.15) is 11.6 Å². The zero-order chi connectivity index (χ0) is 16.5. The number of hydrogen-bond acceptors (Lipinski definition) is 6. The SMILES string of the molecule is CCC[C@H](Sc1nncn1CCc1ccccn1)C(=O)OCC. The Morgan fingerprint density at radius 1 is 1.39 bits per heavy atom. The Labute approximate surface area is 140 Å². The van der Waals surface area contributed by atoms with E-state index in [1.807, 2.05) is 29.7 Å². The number of nitrogens with zero attached hydrogens (tertiary/aromatic N) is 4. The highest BCUT2D eigenvalue weighted by Crippen LogP contribution is 2.25. The summed E-state index contributed by atoms with van der Waals surface area (Å²) in [5.41, 5.74) is 1.02. The molecule has 0 aliphatic rings. The van der Waals surface area contributed by atoms with Crippen molar-refractivity contribution in [2.75, 3.05) is 6.61 Å². The van der Waals surface area contributed by atoms with Crippen molar-refractivity contribution in [1.29, 1.82) is 0 Å². The predicted octanol–water partition coefficient (Wildman–Crippen LogP) is 2.74. The third-order valence-electron chi connectivity index (χ3n) is 3.26. The van der Waals surface area contributed by atoms with Crippen LogP contribution in [-0.4, -0.2) is 37.6 Å². The molecule has 7 heteroatoms. The monoisotopic (exact) mass is 334 g/mol. The molecular formula is C16H22N4O2S. The summed E-state index contributed by atoms with van der Waals surface area (Å²) in [4.78, 5) is 16.4. The Balaban J connectivity index is 1.99. The molecule has 0 saturated carbocycles. The van der Waals surface area contributed by atoms with E-state index >= 15 is 0 Å². The van der Waals surface area contributed by atoms with Crippen LogP contribution in [0, 0.1) is 0 Å². The molecule has 2 aromatic rings. The summed E-state index contributed by atoms with van der Waals surface area (Å²) in [5.74, 6) is -0.182. The fourth-order valence-corrected chi connectivity index (χ4v) is 3.26. The van der Waals surface area contributed by atoms with Crippen molar-refractivity contribution < 1.29 is 9.53 Å². The number of rotatable bonds is 9. The van der Waals surface area contributed by atoms with Gasteiger partial charge in [-0.3, -0.25) is 9.78 Å². The Kier molecular flexibility index (Phi) is 7.06. The summed E-state index contributed by atoms with van der Waals surface area (Å²) in [6.45, 7) is 5.00. The van der Waals surface area contributed by atoms with E-state index in [4.69, 9.17) is 4.74 Å². The molecule has 0 amide bonds. The normalized spacial score (nSPS) is 12.1. The Morgan fingerprint density at radius 2 is 2.26 bits per heavy atom. The second kappa shape index (κ2) is 9.29. The minimum absolute atomic E-state index is 0.182. The number of pyridine rings is 1. The Morgan fingerprint density at radius 3 is 2.96 bits per heavy atom. The number of carbonyl (C=O) groups is 1. The lowest BCUT2D eigenvalue weighted by molar-refractivity contribution is -0.142. The second-order valence-electron chi connectivity index (χ2n) is 5.03. The van der Waals surface area contributed by atoms with Crippen LogP contribution in [0.2, 0.25) is 0 Å². The molecule has 0 bridgehead atoms. The van der Waals surface area contributed by atoms with Crippen LogP contribution >= 0.6 is 11.8 Å². The average molecular weight is 334 g/mol. The van der Waals surface area contributed by atoms with Gasteiger partial charge in [-0.05, 0) is 25.5 Å². The summed E-state index contributed by atoms with van der Waals surface area (Å²) in [7, 11) is 0. The van der Waals surface area contributed by atoms with Crippen LogP contribution in [-0.2, 0) is 22.5 Å². The summed E-state index contributed by atoms with van der Waals surface area (Å²) in [5, 5.41) is 8.62. The molecule has 0 aliphatic heterocycles. The highest BCUT2D eigenvalue weighted by molar-refractivity contribution is 8.00. The van der Waals surface area contributed by atoms with Gasteiger partial charge in [-0.1, -0.05) is 31.2 Å². The van der Waals surface area contributed by atoms with E-state index in [0.29, 0.717) is 6.61 Å². The van der Waals surface area contributed by atoms with Crippen molar-refractivity contribution in [3.05, 3.63) is 36.4 Å². The van der Waals surface area contributed by atoms with Crippen molar-refractivity contribution in [3.8, 4) is 0 Å². The van der Waals surface area contributed by atoms with Gasteiger partial charge in [0.2, 0.25) is 0 Å². The van der Waals surface area contributed by atoms with Crippen molar-refractivity contribution >= 4 is 17.7 Å².